The molecular formula is C20H27N5OS. The predicted molar refractivity (Wildman–Crippen MR) is 107 cm³/mol. The average molecular weight is 386 g/mol. The summed E-state index contributed by atoms with van der Waals surface area (Å²) in [5.41, 5.74) is 3.47. The number of thiazole rings is 1. The van der Waals surface area contributed by atoms with E-state index in [4.69, 9.17) is 4.98 Å². The minimum absolute atomic E-state index is 0.00810. The number of rotatable bonds is 4. The molecular weight excluding hydrogens is 358 g/mol. The molecule has 2 aliphatic rings. The number of hydrogen-bond donors (Lipinski definition) is 0. The highest BCUT2D eigenvalue weighted by molar-refractivity contribution is 7.09. The Kier molecular flexibility index (Phi) is 4.88. The van der Waals surface area contributed by atoms with E-state index in [2.05, 4.69) is 20.2 Å². The molecule has 1 unspecified atom stereocenters. The van der Waals surface area contributed by atoms with Crippen LogP contribution in [0.3, 0.4) is 0 Å². The van der Waals surface area contributed by atoms with Crippen LogP contribution >= 0.6 is 11.3 Å². The number of carbonyl (C=O) groups is 1. The largest absolute Gasteiger partial charge is 0.347 e. The SMILES string of the molecule is Cc1nc(CCC(=O)N2CCCC3(CCc4cnc(N(C)C)nc43)C2)cs1. The first-order valence-electron chi connectivity index (χ1n) is 9.69. The van der Waals surface area contributed by atoms with E-state index in [1.165, 1.54) is 11.3 Å². The third kappa shape index (κ3) is 3.57. The number of hydrogen-bond acceptors (Lipinski definition) is 6. The Morgan fingerprint density at radius 3 is 2.93 bits per heavy atom. The van der Waals surface area contributed by atoms with E-state index < -0.39 is 0 Å². The van der Waals surface area contributed by atoms with Crippen LogP contribution in [-0.2, 0) is 23.1 Å². The van der Waals surface area contributed by atoms with Crippen LogP contribution in [0.5, 0.6) is 0 Å². The van der Waals surface area contributed by atoms with Crippen molar-refractivity contribution in [3.8, 4) is 0 Å². The molecule has 0 saturated carbocycles. The number of fused-ring (bicyclic) bond motifs is 2. The molecule has 4 rings (SSSR count). The van der Waals surface area contributed by atoms with Crippen LogP contribution in [-0.4, -0.2) is 52.9 Å². The third-order valence-electron chi connectivity index (χ3n) is 5.82. The van der Waals surface area contributed by atoms with Crippen molar-refractivity contribution in [3.05, 3.63) is 33.5 Å². The van der Waals surface area contributed by atoms with Crippen molar-refractivity contribution in [2.75, 3.05) is 32.1 Å². The normalized spacial score (nSPS) is 21.5. The van der Waals surface area contributed by atoms with Crippen LogP contribution in [0.15, 0.2) is 11.6 Å². The van der Waals surface area contributed by atoms with Gasteiger partial charge in [-0.05, 0) is 44.6 Å². The number of aromatic nitrogens is 3. The van der Waals surface area contributed by atoms with Gasteiger partial charge in [-0.25, -0.2) is 15.0 Å². The molecule has 1 saturated heterocycles. The fourth-order valence-corrected chi connectivity index (χ4v) is 5.05. The molecule has 0 bridgehead atoms. The van der Waals surface area contributed by atoms with Crippen LogP contribution < -0.4 is 4.90 Å². The van der Waals surface area contributed by atoms with E-state index in [1.807, 2.05) is 32.1 Å². The lowest BCUT2D eigenvalue weighted by Gasteiger charge is -2.40. The molecule has 0 radical (unpaired) electrons. The second kappa shape index (κ2) is 7.19. The number of anilines is 1. The zero-order chi connectivity index (χ0) is 19.0. The highest BCUT2D eigenvalue weighted by Gasteiger charge is 2.44. The molecule has 1 aliphatic heterocycles. The molecule has 0 N–H and O–H groups in total. The zero-order valence-electron chi connectivity index (χ0n) is 16.4. The molecule has 27 heavy (non-hydrogen) atoms. The van der Waals surface area contributed by atoms with Gasteiger partial charge in [0.25, 0.3) is 0 Å². The van der Waals surface area contributed by atoms with Gasteiger partial charge in [0.1, 0.15) is 0 Å². The number of likely N-dealkylation sites (tertiary alicyclic amines) is 1. The summed E-state index contributed by atoms with van der Waals surface area (Å²) in [4.78, 5) is 30.7. The Balaban J connectivity index is 1.48. The number of piperidine rings is 1. The lowest BCUT2D eigenvalue weighted by Crippen LogP contribution is -2.48. The Labute approximate surface area is 164 Å². The second-order valence-electron chi connectivity index (χ2n) is 8.00. The summed E-state index contributed by atoms with van der Waals surface area (Å²) in [6, 6.07) is 0. The smallest absolute Gasteiger partial charge is 0.225 e. The summed E-state index contributed by atoms with van der Waals surface area (Å²) >= 11 is 1.65. The Hall–Kier alpha value is -2.02. The van der Waals surface area contributed by atoms with Gasteiger partial charge in [-0.3, -0.25) is 4.79 Å². The Morgan fingerprint density at radius 1 is 1.33 bits per heavy atom. The van der Waals surface area contributed by atoms with E-state index in [9.17, 15) is 4.79 Å². The molecule has 6 nitrogen and oxygen atoms in total. The maximum Gasteiger partial charge on any atom is 0.225 e. The Morgan fingerprint density at radius 2 is 2.19 bits per heavy atom. The van der Waals surface area contributed by atoms with Crippen LogP contribution in [0.1, 0.15) is 47.6 Å². The van der Waals surface area contributed by atoms with Gasteiger partial charge in [0.2, 0.25) is 11.9 Å². The molecule has 1 aliphatic carbocycles. The fourth-order valence-electron chi connectivity index (χ4n) is 4.41. The topological polar surface area (TPSA) is 62.2 Å². The van der Waals surface area contributed by atoms with Crippen molar-refractivity contribution >= 4 is 23.2 Å². The summed E-state index contributed by atoms with van der Waals surface area (Å²) < 4.78 is 0. The summed E-state index contributed by atoms with van der Waals surface area (Å²) in [6.07, 6.45) is 7.50. The van der Waals surface area contributed by atoms with Gasteiger partial charge in [-0.2, -0.15) is 0 Å². The molecule has 1 atom stereocenters. The molecule has 1 spiro atoms. The maximum absolute atomic E-state index is 12.9. The van der Waals surface area contributed by atoms with Crippen molar-refractivity contribution in [3.63, 3.8) is 0 Å². The molecule has 7 heteroatoms. The zero-order valence-corrected chi connectivity index (χ0v) is 17.2. The van der Waals surface area contributed by atoms with Gasteiger partial charge in [-0.15, -0.1) is 11.3 Å². The van der Waals surface area contributed by atoms with Crippen molar-refractivity contribution in [2.24, 2.45) is 0 Å². The molecule has 2 aromatic rings. The summed E-state index contributed by atoms with van der Waals surface area (Å²) in [6.45, 7) is 3.65. The molecule has 1 amide bonds. The molecule has 3 heterocycles. The highest BCUT2D eigenvalue weighted by Crippen LogP contribution is 2.44. The molecule has 1 fully saturated rings. The lowest BCUT2D eigenvalue weighted by atomic mass is 9.77. The fraction of sp³-hybridized carbons (Fsp3) is 0.600. The minimum Gasteiger partial charge on any atom is -0.347 e. The van der Waals surface area contributed by atoms with E-state index in [1.54, 1.807) is 11.3 Å². The van der Waals surface area contributed by atoms with E-state index in [-0.39, 0.29) is 11.3 Å². The van der Waals surface area contributed by atoms with Gasteiger partial charge < -0.3 is 9.80 Å². The monoisotopic (exact) mass is 385 g/mol. The van der Waals surface area contributed by atoms with Gasteiger partial charge >= 0.3 is 0 Å². The first-order valence-corrected chi connectivity index (χ1v) is 10.6. The van der Waals surface area contributed by atoms with Gasteiger partial charge in [0.05, 0.1) is 16.4 Å². The summed E-state index contributed by atoms with van der Waals surface area (Å²) in [7, 11) is 3.94. The molecule has 144 valence electrons. The first kappa shape index (κ1) is 18.3. The van der Waals surface area contributed by atoms with Crippen LogP contribution in [0, 0.1) is 6.92 Å². The quantitative estimate of drug-likeness (QED) is 0.810. The van der Waals surface area contributed by atoms with E-state index in [0.717, 1.165) is 61.8 Å². The lowest BCUT2D eigenvalue weighted by molar-refractivity contribution is -0.133. The minimum atomic E-state index is 0.00810. The van der Waals surface area contributed by atoms with Crippen LogP contribution in [0.2, 0.25) is 0 Å². The van der Waals surface area contributed by atoms with Gasteiger partial charge in [-0.1, -0.05) is 0 Å². The Bertz CT molecular complexity index is 845. The second-order valence-corrected chi connectivity index (χ2v) is 9.06. The average Bonchev–Trinajstić information content (AvgIpc) is 3.23. The molecule has 0 aromatic carbocycles. The van der Waals surface area contributed by atoms with Crippen molar-refractivity contribution in [1.29, 1.82) is 0 Å². The van der Waals surface area contributed by atoms with Gasteiger partial charge in [0, 0.05) is 50.6 Å². The highest BCUT2D eigenvalue weighted by atomic mass is 32.1. The van der Waals surface area contributed by atoms with Crippen molar-refractivity contribution in [1.82, 2.24) is 19.9 Å². The first-order chi connectivity index (χ1) is 13.0. The predicted octanol–water partition coefficient (Wildman–Crippen LogP) is 2.75. The van der Waals surface area contributed by atoms with Gasteiger partial charge in [0.15, 0.2) is 0 Å². The number of amides is 1. The van der Waals surface area contributed by atoms with E-state index >= 15 is 0 Å². The summed E-state index contributed by atoms with van der Waals surface area (Å²) in [5.74, 6) is 1.01. The number of nitrogens with zero attached hydrogens (tertiary/aromatic N) is 5. The maximum atomic E-state index is 12.9. The van der Waals surface area contributed by atoms with Crippen LogP contribution in [0.4, 0.5) is 5.95 Å². The number of carbonyl (C=O) groups excluding carboxylic acids is 1. The summed E-state index contributed by atoms with van der Waals surface area (Å²) in [5, 5.41) is 3.13. The van der Waals surface area contributed by atoms with Crippen molar-refractivity contribution < 1.29 is 4.79 Å². The van der Waals surface area contributed by atoms with E-state index in [0.29, 0.717) is 6.42 Å². The van der Waals surface area contributed by atoms with Crippen LogP contribution in [0.25, 0.3) is 0 Å². The molecule has 2 aromatic heterocycles. The van der Waals surface area contributed by atoms with Crippen molar-refractivity contribution in [2.45, 2.75) is 50.9 Å². The number of aryl methyl sites for hydroxylation is 3. The third-order valence-corrected chi connectivity index (χ3v) is 6.64. The standard InChI is InChI=1S/C20H27N5OS/c1-14-22-16(12-27-14)5-6-17(26)25-10-4-8-20(13-25)9-7-15-11-21-19(24(2)3)23-18(15)20/h11-12H,4-10,13H2,1-3H3.